The minimum atomic E-state index is -4.77. The smallest absolute Gasteiger partial charge is 0.504 e. The molecule has 0 spiro atoms. The first-order valence-electron chi connectivity index (χ1n) is 6.92. The number of hydrogen-bond donors (Lipinski definition) is 1. The van der Waals surface area contributed by atoms with E-state index < -0.39 is 6.36 Å². The van der Waals surface area contributed by atoms with Gasteiger partial charge in [-0.1, -0.05) is 32.9 Å². The highest BCUT2D eigenvalue weighted by Crippen LogP contribution is 2.36. The third kappa shape index (κ3) is 4.81. The Morgan fingerprint density at radius 2 is 1.57 bits per heavy atom. The summed E-state index contributed by atoms with van der Waals surface area (Å²) in [5, 5.41) is 10.0. The van der Waals surface area contributed by atoms with Crippen molar-refractivity contribution in [1.82, 2.24) is 0 Å². The number of ether oxygens (including phenoxy) is 2. The summed E-state index contributed by atoms with van der Waals surface area (Å²) in [5.74, 6) is -0.187. The summed E-state index contributed by atoms with van der Waals surface area (Å²) in [6, 6.07) is 10.1. The molecular formula is C17H17F3O3. The maximum atomic E-state index is 12.2. The topological polar surface area (TPSA) is 38.7 Å². The summed E-state index contributed by atoms with van der Waals surface area (Å²) in [6.45, 7) is 6.00. The summed E-state index contributed by atoms with van der Waals surface area (Å²) < 4.78 is 45.9. The molecule has 0 aliphatic rings. The Bertz CT molecular complexity index is 688. The predicted octanol–water partition coefficient (Wildman–Crippen LogP) is 5.38. The Morgan fingerprint density at radius 3 is 2.13 bits per heavy atom. The molecule has 124 valence electrons. The van der Waals surface area contributed by atoms with Crippen molar-refractivity contribution < 1.29 is 27.8 Å². The van der Waals surface area contributed by atoms with Crippen molar-refractivity contribution in [1.29, 1.82) is 0 Å². The van der Waals surface area contributed by atoms with Crippen molar-refractivity contribution in [3.8, 4) is 23.0 Å². The molecule has 0 aromatic heterocycles. The van der Waals surface area contributed by atoms with Crippen molar-refractivity contribution in [3.63, 3.8) is 0 Å². The number of phenols is 1. The van der Waals surface area contributed by atoms with E-state index in [2.05, 4.69) is 4.74 Å². The van der Waals surface area contributed by atoms with Crippen LogP contribution in [0.1, 0.15) is 26.3 Å². The van der Waals surface area contributed by atoms with Gasteiger partial charge >= 0.3 is 6.36 Å². The van der Waals surface area contributed by atoms with Crippen LogP contribution in [-0.2, 0) is 5.41 Å². The van der Waals surface area contributed by atoms with Gasteiger partial charge in [-0.3, -0.25) is 0 Å². The normalized spacial score (nSPS) is 12.1. The molecule has 0 saturated heterocycles. The van der Waals surface area contributed by atoms with E-state index in [4.69, 9.17) is 4.74 Å². The molecule has 0 bridgehead atoms. The van der Waals surface area contributed by atoms with E-state index in [1.54, 1.807) is 18.2 Å². The molecule has 0 heterocycles. The molecule has 2 rings (SSSR count). The lowest BCUT2D eigenvalue weighted by Gasteiger charge is -2.20. The lowest BCUT2D eigenvalue weighted by Crippen LogP contribution is -2.17. The SMILES string of the molecule is CC(C)(C)c1ccc(Oc2cccc(OC(F)(F)F)c2)c(O)c1. The van der Waals surface area contributed by atoms with Crippen LogP contribution in [0.25, 0.3) is 0 Å². The van der Waals surface area contributed by atoms with Gasteiger partial charge in [0.2, 0.25) is 0 Å². The Hall–Kier alpha value is -2.37. The summed E-state index contributed by atoms with van der Waals surface area (Å²) >= 11 is 0. The average molecular weight is 326 g/mol. The quantitative estimate of drug-likeness (QED) is 0.823. The fourth-order valence-corrected chi connectivity index (χ4v) is 1.93. The van der Waals surface area contributed by atoms with E-state index in [1.165, 1.54) is 18.2 Å². The zero-order chi connectivity index (χ0) is 17.3. The molecular weight excluding hydrogens is 309 g/mol. The molecule has 0 saturated carbocycles. The fraction of sp³-hybridized carbons (Fsp3) is 0.294. The lowest BCUT2D eigenvalue weighted by molar-refractivity contribution is -0.274. The molecule has 2 aromatic carbocycles. The van der Waals surface area contributed by atoms with E-state index in [1.807, 2.05) is 20.8 Å². The molecule has 0 aliphatic heterocycles. The number of benzene rings is 2. The van der Waals surface area contributed by atoms with Gasteiger partial charge in [-0.15, -0.1) is 13.2 Å². The van der Waals surface area contributed by atoms with Gasteiger partial charge in [-0.2, -0.15) is 0 Å². The van der Waals surface area contributed by atoms with Crippen LogP contribution in [0.5, 0.6) is 23.0 Å². The molecule has 0 unspecified atom stereocenters. The van der Waals surface area contributed by atoms with Crippen LogP contribution in [0.2, 0.25) is 0 Å². The first-order chi connectivity index (χ1) is 10.5. The highest BCUT2D eigenvalue weighted by Gasteiger charge is 2.31. The summed E-state index contributed by atoms with van der Waals surface area (Å²) in [5.41, 5.74) is 0.771. The highest BCUT2D eigenvalue weighted by molar-refractivity contribution is 5.46. The number of alkyl halides is 3. The third-order valence-electron chi connectivity index (χ3n) is 3.09. The van der Waals surface area contributed by atoms with E-state index in [0.29, 0.717) is 0 Å². The Kier molecular flexibility index (Phi) is 4.45. The Balaban J connectivity index is 2.21. The number of rotatable bonds is 3. The first kappa shape index (κ1) is 17.0. The summed E-state index contributed by atoms with van der Waals surface area (Å²) in [6.07, 6.45) is -4.77. The molecule has 0 aliphatic carbocycles. The second kappa shape index (κ2) is 6.02. The Morgan fingerprint density at radius 1 is 0.913 bits per heavy atom. The molecule has 23 heavy (non-hydrogen) atoms. The standard InChI is InChI=1S/C17H17F3O3/c1-16(2,3)11-7-8-15(14(21)9-11)22-12-5-4-6-13(10-12)23-17(18,19)20/h4-10,21H,1-3H3. The zero-order valence-electron chi connectivity index (χ0n) is 12.9. The number of phenolic OH excluding ortho intramolecular Hbond substituents is 1. The molecule has 3 nitrogen and oxygen atoms in total. The monoisotopic (exact) mass is 326 g/mol. The summed E-state index contributed by atoms with van der Waals surface area (Å²) in [4.78, 5) is 0. The minimum Gasteiger partial charge on any atom is -0.504 e. The largest absolute Gasteiger partial charge is 0.573 e. The van der Waals surface area contributed by atoms with E-state index >= 15 is 0 Å². The van der Waals surface area contributed by atoms with Crippen LogP contribution in [0.3, 0.4) is 0 Å². The van der Waals surface area contributed by atoms with Crippen LogP contribution < -0.4 is 9.47 Å². The third-order valence-corrected chi connectivity index (χ3v) is 3.09. The number of hydrogen-bond acceptors (Lipinski definition) is 3. The van der Waals surface area contributed by atoms with Gasteiger partial charge in [-0.25, -0.2) is 0 Å². The first-order valence-corrected chi connectivity index (χ1v) is 6.92. The fourth-order valence-electron chi connectivity index (χ4n) is 1.93. The Labute approximate surface area is 132 Å². The summed E-state index contributed by atoms with van der Waals surface area (Å²) in [7, 11) is 0. The van der Waals surface area contributed by atoms with Crippen molar-refractivity contribution in [3.05, 3.63) is 48.0 Å². The van der Waals surface area contributed by atoms with Crippen molar-refractivity contribution in [2.75, 3.05) is 0 Å². The average Bonchev–Trinajstić information content (AvgIpc) is 2.38. The van der Waals surface area contributed by atoms with Crippen LogP contribution in [0.4, 0.5) is 13.2 Å². The second-order valence-electron chi connectivity index (χ2n) is 6.06. The molecule has 0 amide bonds. The van der Waals surface area contributed by atoms with Gasteiger partial charge in [0.1, 0.15) is 11.5 Å². The number of halogens is 3. The highest BCUT2D eigenvalue weighted by atomic mass is 19.4. The van der Waals surface area contributed by atoms with Gasteiger partial charge in [0, 0.05) is 6.07 Å². The molecule has 2 aromatic rings. The van der Waals surface area contributed by atoms with Crippen LogP contribution in [0.15, 0.2) is 42.5 Å². The van der Waals surface area contributed by atoms with Gasteiger partial charge in [0.25, 0.3) is 0 Å². The second-order valence-corrected chi connectivity index (χ2v) is 6.06. The lowest BCUT2D eigenvalue weighted by atomic mass is 9.87. The van der Waals surface area contributed by atoms with Crippen molar-refractivity contribution in [2.24, 2.45) is 0 Å². The maximum Gasteiger partial charge on any atom is 0.573 e. The van der Waals surface area contributed by atoms with Crippen molar-refractivity contribution in [2.45, 2.75) is 32.5 Å². The van der Waals surface area contributed by atoms with Crippen LogP contribution in [-0.4, -0.2) is 11.5 Å². The van der Waals surface area contributed by atoms with Gasteiger partial charge in [-0.05, 0) is 35.2 Å². The van der Waals surface area contributed by atoms with E-state index in [9.17, 15) is 18.3 Å². The minimum absolute atomic E-state index is 0.0837. The zero-order valence-corrected chi connectivity index (χ0v) is 12.9. The van der Waals surface area contributed by atoms with E-state index in [0.717, 1.165) is 11.6 Å². The van der Waals surface area contributed by atoms with Gasteiger partial charge in [0.05, 0.1) is 0 Å². The van der Waals surface area contributed by atoms with Crippen molar-refractivity contribution >= 4 is 0 Å². The number of aromatic hydroxyl groups is 1. The molecule has 0 atom stereocenters. The molecule has 0 radical (unpaired) electrons. The molecule has 6 heteroatoms. The molecule has 1 N–H and O–H groups in total. The van der Waals surface area contributed by atoms with Gasteiger partial charge < -0.3 is 14.6 Å². The van der Waals surface area contributed by atoms with Crippen LogP contribution >= 0.6 is 0 Å². The van der Waals surface area contributed by atoms with Crippen LogP contribution in [0, 0.1) is 0 Å². The maximum absolute atomic E-state index is 12.2. The molecule has 0 fully saturated rings. The van der Waals surface area contributed by atoms with Gasteiger partial charge in [0.15, 0.2) is 11.5 Å². The van der Waals surface area contributed by atoms with E-state index in [-0.39, 0.29) is 28.4 Å². The predicted molar refractivity (Wildman–Crippen MR) is 80.0 cm³/mol.